The lowest BCUT2D eigenvalue weighted by Crippen LogP contribution is -2.43. The molecule has 0 aliphatic carbocycles. The van der Waals surface area contributed by atoms with Crippen LogP contribution in [0.1, 0.15) is 54.5 Å². The van der Waals surface area contributed by atoms with Crippen molar-refractivity contribution in [2.24, 2.45) is 0 Å². The molecule has 0 aromatic carbocycles. The van der Waals surface area contributed by atoms with Crippen molar-refractivity contribution in [2.45, 2.75) is 52.1 Å². The number of furan rings is 1. The molecule has 1 fully saturated rings. The van der Waals surface area contributed by atoms with Crippen LogP contribution >= 0.6 is 0 Å². The summed E-state index contributed by atoms with van der Waals surface area (Å²) in [7, 11) is 0. The summed E-state index contributed by atoms with van der Waals surface area (Å²) in [5.74, 6) is 2.03. The molecule has 1 aliphatic heterocycles. The van der Waals surface area contributed by atoms with E-state index < -0.39 is 0 Å². The third kappa shape index (κ3) is 3.58. The maximum atomic E-state index is 13.0. The number of nitrogens with zero attached hydrogens (tertiary/aromatic N) is 3. The normalized spacial score (nSPS) is 17.8. The molecule has 3 heterocycles. The molecule has 0 spiro atoms. The molecule has 24 heavy (non-hydrogen) atoms. The van der Waals surface area contributed by atoms with Gasteiger partial charge in [0.2, 0.25) is 0 Å². The van der Waals surface area contributed by atoms with E-state index in [1.54, 1.807) is 12.5 Å². The van der Waals surface area contributed by atoms with E-state index in [0.717, 1.165) is 31.6 Å². The van der Waals surface area contributed by atoms with Crippen molar-refractivity contribution in [3.05, 3.63) is 41.7 Å². The predicted octanol–water partition coefficient (Wildman–Crippen LogP) is 3.39. The van der Waals surface area contributed by atoms with E-state index in [9.17, 15) is 4.79 Å². The Morgan fingerprint density at radius 1 is 1.46 bits per heavy atom. The number of aromatic nitrogens is 2. The molecule has 1 aliphatic rings. The molecule has 6 nitrogen and oxygen atoms in total. The summed E-state index contributed by atoms with van der Waals surface area (Å²) in [6.07, 6.45) is 7.57. The van der Waals surface area contributed by atoms with Crippen molar-refractivity contribution in [3.8, 4) is 0 Å². The highest BCUT2D eigenvalue weighted by atomic mass is 16.3. The number of amides is 1. The van der Waals surface area contributed by atoms with Crippen molar-refractivity contribution < 1.29 is 9.21 Å². The maximum Gasteiger partial charge on any atom is 0.259 e. The number of nitrogens with one attached hydrogen (secondary N) is 1. The smallest absolute Gasteiger partial charge is 0.259 e. The Labute approximate surface area is 142 Å². The summed E-state index contributed by atoms with van der Waals surface area (Å²) in [6, 6.07) is 4.04. The largest absolute Gasteiger partial charge is 0.467 e. The fourth-order valence-electron chi connectivity index (χ4n) is 3.19. The van der Waals surface area contributed by atoms with Crippen molar-refractivity contribution in [1.29, 1.82) is 0 Å². The van der Waals surface area contributed by atoms with Gasteiger partial charge in [0.15, 0.2) is 0 Å². The van der Waals surface area contributed by atoms with Gasteiger partial charge in [-0.3, -0.25) is 4.79 Å². The first-order chi connectivity index (χ1) is 11.7. The number of hydrogen-bond donors (Lipinski definition) is 1. The molecule has 1 atom stereocenters. The van der Waals surface area contributed by atoms with Crippen molar-refractivity contribution in [1.82, 2.24) is 14.9 Å². The summed E-state index contributed by atoms with van der Waals surface area (Å²) in [5, 5.41) is 3.22. The fraction of sp³-hybridized carbons (Fsp3) is 0.500. The summed E-state index contributed by atoms with van der Waals surface area (Å²) >= 11 is 0. The summed E-state index contributed by atoms with van der Waals surface area (Å²) in [6.45, 7) is 5.25. The van der Waals surface area contributed by atoms with Crippen LogP contribution in [0.15, 0.2) is 29.0 Å². The van der Waals surface area contributed by atoms with E-state index in [0.29, 0.717) is 29.8 Å². The van der Waals surface area contributed by atoms with Gasteiger partial charge in [0.05, 0.1) is 12.8 Å². The fourth-order valence-corrected chi connectivity index (χ4v) is 3.19. The number of hydrogen-bond acceptors (Lipinski definition) is 5. The van der Waals surface area contributed by atoms with E-state index in [2.05, 4.69) is 22.2 Å². The average Bonchev–Trinajstić information content (AvgIpc) is 3.13. The molecule has 1 saturated heterocycles. The zero-order valence-corrected chi connectivity index (χ0v) is 14.3. The minimum absolute atomic E-state index is 0.0171. The minimum atomic E-state index is 0.0171. The topological polar surface area (TPSA) is 71.3 Å². The van der Waals surface area contributed by atoms with Crippen LogP contribution in [0.25, 0.3) is 0 Å². The van der Waals surface area contributed by atoms with E-state index in [-0.39, 0.29) is 5.91 Å². The molecule has 6 heteroatoms. The van der Waals surface area contributed by atoms with E-state index in [1.807, 2.05) is 24.0 Å². The van der Waals surface area contributed by atoms with Gasteiger partial charge in [-0.1, -0.05) is 6.92 Å². The van der Waals surface area contributed by atoms with E-state index >= 15 is 0 Å². The summed E-state index contributed by atoms with van der Waals surface area (Å²) in [4.78, 5) is 23.7. The first-order valence-electron chi connectivity index (χ1n) is 8.60. The number of piperidine rings is 1. The van der Waals surface area contributed by atoms with E-state index in [1.165, 1.54) is 6.42 Å². The molecule has 0 radical (unpaired) electrons. The first kappa shape index (κ1) is 16.5. The number of carbonyl (C=O) groups is 1. The van der Waals surface area contributed by atoms with Gasteiger partial charge in [0.1, 0.15) is 23.0 Å². The Morgan fingerprint density at radius 2 is 2.33 bits per heavy atom. The number of rotatable bonds is 5. The van der Waals surface area contributed by atoms with Crippen LogP contribution in [0, 0.1) is 6.92 Å². The third-order valence-corrected chi connectivity index (χ3v) is 4.51. The summed E-state index contributed by atoms with van der Waals surface area (Å²) < 4.78 is 5.34. The van der Waals surface area contributed by atoms with Crippen LogP contribution in [-0.2, 0) is 6.54 Å². The number of aryl methyl sites for hydroxylation is 1. The second-order valence-corrected chi connectivity index (χ2v) is 6.17. The lowest BCUT2D eigenvalue weighted by Gasteiger charge is -2.35. The highest BCUT2D eigenvalue weighted by molar-refractivity contribution is 5.98. The Morgan fingerprint density at radius 3 is 3.08 bits per heavy atom. The average molecular weight is 328 g/mol. The number of likely N-dealkylation sites (tertiary alicyclic amines) is 1. The van der Waals surface area contributed by atoms with Gasteiger partial charge < -0.3 is 14.6 Å². The maximum absolute atomic E-state index is 13.0. The highest BCUT2D eigenvalue weighted by Crippen LogP contribution is 2.24. The predicted molar refractivity (Wildman–Crippen MR) is 91.8 cm³/mol. The quantitative estimate of drug-likeness (QED) is 0.911. The van der Waals surface area contributed by atoms with Crippen molar-refractivity contribution >= 4 is 11.7 Å². The molecular weight excluding hydrogens is 304 g/mol. The molecular formula is C18H24N4O2. The van der Waals surface area contributed by atoms with Gasteiger partial charge in [0, 0.05) is 18.8 Å². The SMILES string of the molecule is CCC1CCCCN1C(=O)c1cnc(C)nc1NCc1ccco1. The van der Waals surface area contributed by atoms with Gasteiger partial charge in [-0.15, -0.1) is 0 Å². The monoisotopic (exact) mass is 328 g/mol. The Hall–Kier alpha value is -2.37. The third-order valence-electron chi connectivity index (χ3n) is 4.51. The number of anilines is 1. The zero-order chi connectivity index (χ0) is 16.9. The Kier molecular flexibility index (Phi) is 5.13. The molecule has 0 saturated carbocycles. The minimum Gasteiger partial charge on any atom is -0.467 e. The summed E-state index contributed by atoms with van der Waals surface area (Å²) in [5.41, 5.74) is 0.535. The van der Waals surface area contributed by atoms with Crippen LogP contribution in [-0.4, -0.2) is 33.4 Å². The lowest BCUT2D eigenvalue weighted by molar-refractivity contribution is 0.0608. The van der Waals surface area contributed by atoms with Gasteiger partial charge in [0.25, 0.3) is 5.91 Å². The molecule has 2 aromatic heterocycles. The van der Waals surface area contributed by atoms with Crippen molar-refractivity contribution in [3.63, 3.8) is 0 Å². The molecule has 1 unspecified atom stereocenters. The Balaban J connectivity index is 1.82. The second-order valence-electron chi connectivity index (χ2n) is 6.17. The van der Waals surface area contributed by atoms with Crippen molar-refractivity contribution in [2.75, 3.05) is 11.9 Å². The van der Waals surface area contributed by atoms with Crippen LogP contribution in [0.5, 0.6) is 0 Å². The molecule has 3 rings (SSSR count). The van der Waals surface area contributed by atoms with Crippen LogP contribution < -0.4 is 5.32 Å². The highest BCUT2D eigenvalue weighted by Gasteiger charge is 2.28. The van der Waals surface area contributed by atoms with Gasteiger partial charge >= 0.3 is 0 Å². The van der Waals surface area contributed by atoms with Gasteiger partial charge in [-0.25, -0.2) is 9.97 Å². The lowest BCUT2D eigenvalue weighted by atomic mass is 9.99. The molecule has 2 aromatic rings. The van der Waals surface area contributed by atoms with Gasteiger partial charge in [-0.05, 0) is 44.7 Å². The standard InChI is InChI=1S/C18H24N4O2/c1-3-14-7-4-5-9-22(14)18(23)16-12-19-13(2)21-17(16)20-11-15-8-6-10-24-15/h6,8,10,12,14H,3-5,7,9,11H2,1-2H3,(H,19,20,21). The van der Waals surface area contributed by atoms with E-state index in [4.69, 9.17) is 4.42 Å². The van der Waals surface area contributed by atoms with Crippen LogP contribution in [0.2, 0.25) is 0 Å². The zero-order valence-electron chi connectivity index (χ0n) is 14.3. The van der Waals surface area contributed by atoms with Crippen LogP contribution in [0.3, 0.4) is 0 Å². The number of carbonyl (C=O) groups excluding carboxylic acids is 1. The first-order valence-corrected chi connectivity index (χ1v) is 8.60. The molecule has 128 valence electrons. The Bertz CT molecular complexity index is 684. The molecule has 1 amide bonds. The molecule has 0 bridgehead atoms. The molecule has 1 N–H and O–H groups in total. The van der Waals surface area contributed by atoms with Crippen LogP contribution in [0.4, 0.5) is 5.82 Å². The van der Waals surface area contributed by atoms with Gasteiger partial charge in [-0.2, -0.15) is 0 Å². The second kappa shape index (κ2) is 7.47.